The van der Waals surface area contributed by atoms with Crippen molar-refractivity contribution in [3.8, 4) is 11.3 Å². The van der Waals surface area contributed by atoms with Gasteiger partial charge in [0.25, 0.3) is 0 Å². The Labute approximate surface area is 184 Å². The zero-order chi connectivity index (χ0) is 21.6. The topological polar surface area (TPSA) is 42.7 Å². The summed E-state index contributed by atoms with van der Waals surface area (Å²) in [7, 11) is 0. The smallest absolute Gasteiger partial charge is 0.129 e. The molecule has 0 fully saturated rings. The van der Waals surface area contributed by atoms with Gasteiger partial charge in [-0.2, -0.15) is 15.0 Å². The summed E-state index contributed by atoms with van der Waals surface area (Å²) in [5.41, 5.74) is 3.37. The van der Waals surface area contributed by atoms with E-state index in [0.717, 1.165) is 11.3 Å². The van der Waals surface area contributed by atoms with Crippen molar-refractivity contribution in [1.29, 1.82) is 0 Å². The summed E-state index contributed by atoms with van der Waals surface area (Å²) in [5, 5.41) is 12.8. The highest BCUT2D eigenvalue weighted by atomic mass is 35.5. The first-order valence-corrected chi connectivity index (χ1v) is 10.4. The molecule has 1 aromatic heterocycles. The summed E-state index contributed by atoms with van der Waals surface area (Å²) in [6, 6.07) is 21.0. The van der Waals surface area contributed by atoms with Crippen molar-refractivity contribution in [2.45, 2.75) is 19.5 Å². The second kappa shape index (κ2) is 9.81. The second-order valence-electron chi connectivity index (χ2n) is 7.11. The number of hydrogen-bond acceptors (Lipinski definition) is 3. The van der Waals surface area contributed by atoms with Crippen LogP contribution >= 0.6 is 11.6 Å². The Hall–Kier alpha value is -3.09. The predicted octanol–water partition coefficient (Wildman–Crippen LogP) is 5.26. The molecule has 31 heavy (non-hydrogen) atoms. The maximum absolute atomic E-state index is 14.2. The van der Waals surface area contributed by atoms with E-state index >= 15 is 0 Å². The fraction of sp³-hybridized carbons (Fsp3) is 0.167. The van der Waals surface area contributed by atoms with Crippen molar-refractivity contribution >= 4 is 11.6 Å². The fourth-order valence-corrected chi connectivity index (χ4v) is 3.57. The number of hydrogen-bond donors (Lipinski definition) is 1. The molecule has 0 bridgehead atoms. The molecule has 4 aromatic rings. The summed E-state index contributed by atoms with van der Waals surface area (Å²) < 4.78 is 28.0. The molecule has 0 unspecified atom stereocenters. The van der Waals surface area contributed by atoms with Crippen LogP contribution in [0.4, 0.5) is 8.78 Å². The van der Waals surface area contributed by atoms with Crippen LogP contribution in [0.2, 0.25) is 5.02 Å². The zero-order valence-corrected chi connectivity index (χ0v) is 17.5. The van der Waals surface area contributed by atoms with E-state index in [2.05, 4.69) is 15.5 Å². The first-order chi connectivity index (χ1) is 15.1. The largest absolute Gasteiger partial charge is 0.311 e. The van der Waals surface area contributed by atoms with Crippen LogP contribution in [0.3, 0.4) is 0 Å². The third-order valence-electron chi connectivity index (χ3n) is 4.95. The van der Waals surface area contributed by atoms with Gasteiger partial charge in [0.2, 0.25) is 0 Å². The molecule has 0 saturated carbocycles. The van der Waals surface area contributed by atoms with Gasteiger partial charge in [-0.15, -0.1) is 0 Å². The van der Waals surface area contributed by atoms with Gasteiger partial charge in [0.1, 0.15) is 23.0 Å². The molecule has 1 N–H and O–H groups in total. The normalized spacial score (nSPS) is 11.1. The lowest BCUT2D eigenvalue weighted by Gasteiger charge is -2.05. The van der Waals surface area contributed by atoms with Crippen molar-refractivity contribution in [2.75, 3.05) is 6.54 Å². The number of rotatable bonds is 8. The molecule has 0 amide bonds. The molecule has 0 aliphatic rings. The van der Waals surface area contributed by atoms with Crippen LogP contribution in [0.1, 0.15) is 16.8 Å². The molecule has 4 nitrogen and oxygen atoms in total. The van der Waals surface area contributed by atoms with Gasteiger partial charge in [-0.3, -0.25) is 0 Å². The first-order valence-electron chi connectivity index (χ1n) is 9.98. The van der Waals surface area contributed by atoms with E-state index in [1.165, 1.54) is 16.9 Å². The van der Waals surface area contributed by atoms with Crippen molar-refractivity contribution in [2.24, 2.45) is 0 Å². The van der Waals surface area contributed by atoms with E-state index in [-0.39, 0.29) is 12.4 Å². The van der Waals surface area contributed by atoms with Gasteiger partial charge in [-0.25, -0.2) is 8.78 Å². The molecule has 158 valence electrons. The fourth-order valence-electron chi connectivity index (χ4n) is 3.35. The number of aromatic nitrogens is 3. The summed E-state index contributed by atoms with van der Waals surface area (Å²) in [5.74, 6) is -0.599. The Kier molecular flexibility index (Phi) is 6.70. The molecular weight excluding hydrogens is 418 g/mol. The van der Waals surface area contributed by atoms with Gasteiger partial charge in [0.05, 0.1) is 6.54 Å². The molecule has 1 heterocycles. The maximum atomic E-state index is 14.2. The lowest BCUT2D eigenvalue weighted by molar-refractivity contribution is 0.542. The van der Waals surface area contributed by atoms with Gasteiger partial charge in [-0.05, 0) is 36.7 Å². The van der Waals surface area contributed by atoms with Crippen molar-refractivity contribution in [1.82, 2.24) is 20.3 Å². The molecule has 3 aromatic carbocycles. The van der Waals surface area contributed by atoms with E-state index < -0.39 is 5.82 Å². The third-order valence-corrected chi connectivity index (χ3v) is 5.31. The van der Waals surface area contributed by atoms with Crippen LogP contribution in [-0.2, 0) is 19.5 Å². The standard InChI is InChI=1S/C24H21ClF2N4/c25-20-10-6-12-22(27)19(20)16-31-29-23(24(30-31)18-8-2-1-3-9-18)15-28-14-13-17-7-4-5-11-21(17)26/h1-12,28H,13-16H2. The molecule has 7 heteroatoms. The summed E-state index contributed by atoms with van der Waals surface area (Å²) in [6.07, 6.45) is 0.562. The SMILES string of the molecule is Fc1ccccc1CCNCc1nn(Cc2c(F)cccc2Cl)nc1-c1ccccc1. The first kappa shape index (κ1) is 21.2. The van der Waals surface area contributed by atoms with Crippen LogP contribution in [0.5, 0.6) is 0 Å². The Balaban J connectivity index is 1.52. The highest BCUT2D eigenvalue weighted by Gasteiger charge is 2.15. The highest BCUT2D eigenvalue weighted by molar-refractivity contribution is 6.31. The minimum absolute atomic E-state index is 0.126. The van der Waals surface area contributed by atoms with E-state index in [1.807, 2.05) is 36.4 Å². The van der Waals surface area contributed by atoms with Crippen LogP contribution in [0.15, 0.2) is 72.8 Å². The van der Waals surface area contributed by atoms with E-state index in [9.17, 15) is 8.78 Å². The Morgan fingerprint density at radius 3 is 2.35 bits per heavy atom. The monoisotopic (exact) mass is 438 g/mol. The number of nitrogens with one attached hydrogen (secondary N) is 1. The van der Waals surface area contributed by atoms with Crippen molar-refractivity contribution in [3.63, 3.8) is 0 Å². The van der Waals surface area contributed by atoms with Crippen LogP contribution in [0.25, 0.3) is 11.3 Å². The number of benzene rings is 3. The number of nitrogens with zero attached hydrogens (tertiary/aromatic N) is 3. The molecule has 4 rings (SSSR count). The van der Waals surface area contributed by atoms with Crippen LogP contribution < -0.4 is 5.32 Å². The molecule has 0 atom stereocenters. The molecule has 0 aliphatic carbocycles. The zero-order valence-electron chi connectivity index (χ0n) is 16.7. The van der Waals surface area contributed by atoms with Gasteiger partial charge >= 0.3 is 0 Å². The van der Waals surface area contributed by atoms with Crippen LogP contribution in [-0.4, -0.2) is 21.5 Å². The molecule has 0 radical (unpaired) electrons. The minimum Gasteiger partial charge on any atom is -0.311 e. The Morgan fingerprint density at radius 1 is 0.839 bits per heavy atom. The lowest BCUT2D eigenvalue weighted by Crippen LogP contribution is -2.18. The summed E-state index contributed by atoms with van der Waals surface area (Å²) in [6.45, 7) is 1.16. The highest BCUT2D eigenvalue weighted by Crippen LogP contribution is 2.23. The van der Waals surface area contributed by atoms with Gasteiger partial charge in [-0.1, -0.05) is 66.2 Å². The van der Waals surface area contributed by atoms with Crippen molar-refractivity contribution < 1.29 is 8.78 Å². The molecule has 0 saturated heterocycles. The molecular formula is C24H21ClF2N4. The lowest BCUT2D eigenvalue weighted by atomic mass is 10.1. The van der Waals surface area contributed by atoms with E-state index in [0.29, 0.717) is 41.4 Å². The summed E-state index contributed by atoms with van der Waals surface area (Å²) in [4.78, 5) is 1.46. The maximum Gasteiger partial charge on any atom is 0.129 e. The number of halogens is 3. The minimum atomic E-state index is -0.393. The Bertz CT molecular complexity index is 1140. The van der Waals surface area contributed by atoms with Gasteiger partial charge < -0.3 is 5.32 Å². The van der Waals surface area contributed by atoms with E-state index in [1.54, 1.807) is 24.3 Å². The Morgan fingerprint density at radius 2 is 1.58 bits per heavy atom. The summed E-state index contributed by atoms with van der Waals surface area (Å²) >= 11 is 6.16. The average Bonchev–Trinajstić information content (AvgIpc) is 3.18. The van der Waals surface area contributed by atoms with Crippen LogP contribution in [0, 0.1) is 11.6 Å². The van der Waals surface area contributed by atoms with Gasteiger partial charge in [0, 0.05) is 22.7 Å². The average molecular weight is 439 g/mol. The van der Waals surface area contributed by atoms with Crippen molar-refractivity contribution in [3.05, 3.63) is 106 Å². The third kappa shape index (κ3) is 5.16. The van der Waals surface area contributed by atoms with E-state index in [4.69, 9.17) is 11.6 Å². The molecule has 0 aliphatic heterocycles. The second-order valence-corrected chi connectivity index (χ2v) is 7.52. The van der Waals surface area contributed by atoms with Gasteiger partial charge in [0.15, 0.2) is 0 Å². The quantitative estimate of drug-likeness (QED) is 0.382. The predicted molar refractivity (Wildman–Crippen MR) is 118 cm³/mol. The molecule has 0 spiro atoms.